The molecule has 4 heterocycles. The van der Waals surface area contributed by atoms with E-state index in [4.69, 9.17) is 4.74 Å². The Balaban J connectivity index is 1.29. The van der Waals surface area contributed by atoms with E-state index in [-0.39, 0.29) is 33.5 Å². The largest absolute Gasteiger partial charge is 0.485 e. The fourth-order valence-electron chi connectivity index (χ4n) is 5.71. The van der Waals surface area contributed by atoms with Crippen molar-refractivity contribution in [1.82, 2.24) is 29.4 Å². The van der Waals surface area contributed by atoms with Crippen LogP contribution in [0.25, 0.3) is 22.1 Å². The predicted octanol–water partition coefficient (Wildman–Crippen LogP) is 5.37. The highest BCUT2D eigenvalue weighted by atomic mass is 19.1. The standard InChI is InChI=1S/C35H37FN8O3/c1-34(2,3)24-14-22-17-39-44(33(46)31(22)27(36)15-24)29-9-6-8-28(26(29)20-45)43-19-23(16-37)32(41-43)40-30-11-10-25(18-38-30)47-35(4,5)21-42-12-7-13-42/h6,8-11,14-15,17-19,45H,7,12-13,20-21H2,1-5H3,(H,38,40,41). The molecule has 47 heavy (non-hydrogen) atoms. The summed E-state index contributed by atoms with van der Waals surface area (Å²) in [5.41, 5.74) is 0.608. The van der Waals surface area contributed by atoms with Gasteiger partial charge < -0.3 is 15.2 Å². The lowest BCUT2D eigenvalue weighted by molar-refractivity contribution is 0.0350. The number of hydrogen-bond acceptors (Lipinski definition) is 9. The number of halogens is 1. The number of aromatic nitrogens is 5. The molecular weight excluding hydrogens is 599 g/mol. The Hall–Kier alpha value is -5.12. The number of likely N-dealkylation sites (tertiary alicyclic amines) is 1. The molecule has 0 atom stereocenters. The number of nitrogens with one attached hydrogen (secondary N) is 1. The number of aliphatic hydroxyl groups is 1. The maximum atomic E-state index is 15.3. The zero-order valence-electron chi connectivity index (χ0n) is 27.1. The molecule has 3 aromatic heterocycles. The van der Waals surface area contributed by atoms with E-state index in [0.717, 1.165) is 29.9 Å². The van der Waals surface area contributed by atoms with Crippen molar-refractivity contribution in [2.45, 2.75) is 58.7 Å². The van der Waals surface area contributed by atoms with Crippen LogP contribution in [-0.4, -0.2) is 59.8 Å². The van der Waals surface area contributed by atoms with Crippen LogP contribution in [0.3, 0.4) is 0 Å². The van der Waals surface area contributed by atoms with E-state index >= 15 is 4.39 Å². The third kappa shape index (κ3) is 6.45. The first kappa shape index (κ1) is 31.8. The molecule has 11 nitrogen and oxygen atoms in total. The summed E-state index contributed by atoms with van der Waals surface area (Å²) in [6, 6.07) is 13.8. The molecule has 0 amide bonds. The van der Waals surface area contributed by atoms with E-state index in [1.807, 2.05) is 40.7 Å². The van der Waals surface area contributed by atoms with Gasteiger partial charge in [0.05, 0.1) is 42.0 Å². The first-order valence-corrected chi connectivity index (χ1v) is 15.5. The van der Waals surface area contributed by atoms with E-state index in [1.165, 1.54) is 29.6 Å². The van der Waals surface area contributed by atoms with Gasteiger partial charge in [0.25, 0.3) is 5.56 Å². The third-order valence-corrected chi connectivity index (χ3v) is 8.23. The number of pyridine rings is 1. The minimum absolute atomic E-state index is 0.0942. The first-order chi connectivity index (χ1) is 22.4. The lowest BCUT2D eigenvalue weighted by atomic mass is 9.86. The van der Waals surface area contributed by atoms with Crippen molar-refractivity contribution in [1.29, 1.82) is 5.26 Å². The van der Waals surface area contributed by atoms with Crippen LogP contribution >= 0.6 is 0 Å². The summed E-state index contributed by atoms with van der Waals surface area (Å²) >= 11 is 0. The van der Waals surface area contributed by atoms with E-state index in [2.05, 4.69) is 31.5 Å². The lowest BCUT2D eigenvalue weighted by Crippen LogP contribution is -2.48. The van der Waals surface area contributed by atoms with Crippen LogP contribution in [0.15, 0.2) is 65.8 Å². The number of nitrogens with zero attached hydrogens (tertiary/aromatic N) is 7. The molecule has 1 saturated heterocycles. The van der Waals surface area contributed by atoms with Crippen LogP contribution in [0.4, 0.5) is 16.0 Å². The van der Waals surface area contributed by atoms with Crippen LogP contribution in [0.5, 0.6) is 5.75 Å². The van der Waals surface area contributed by atoms with Gasteiger partial charge in [-0.25, -0.2) is 14.1 Å². The number of aliphatic hydroxyl groups excluding tert-OH is 1. The smallest absolute Gasteiger partial charge is 0.282 e. The number of benzene rings is 2. The molecule has 6 rings (SSSR count). The molecule has 0 bridgehead atoms. The number of ether oxygens (including phenoxy) is 1. The summed E-state index contributed by atoms with van der Waals surface area (Å²) in [6.45, 7) is 12.5. The van der Waals surface area contributed by atoms with Crippen molar-refractivity contribution in [2.24, 2.45) is 0 Å². The predicted molar refractivity (Wildman–Crippen MR) is 177 cm³/mol. The number of nitriles is 1. The summed E-state index contributed by atoms with van der Waals surface area (Å²) in [6.07, 6.45) is 5.80. The summed E-state index contributed by atoms with van der Waals surface area (Å²) in [5, 5.41) is 32.7. The van der Waals surface area contributed by atoms with Crippen molar-refractivity contribution in [3.63, 3.8) is 0 Å². The molecule has 0 aliphatic carbocycles. The fourth-order valence-corrected chi connectivity index (χ4v) is 5.71. The van der Waals surface area contributed by atoms with Gasteiger partial charge in [0.15, 0.2) is 5.82 Å². The quantitative estimate of drug-likeness (QED) is 0.219. The molecule has 242 valence electrons. The fraction of sp³-hybridized carbons (Fsp3) is 0.343. The number of hydrogen-bond donors (Lipinski definition) is 2. The Kier molecular flexibility index (Phi) is 8.29. The molecule has 1 fully saturated rings. The average molecular weight is 637 g/mol. The summed E-state index contributed by atoms with van der Waals surface area (Å²) in [5.74, 6) is 0.696. The highest BCUT2D eigenvalue weighted by Crippen LogP contribution is 2.29. The Morgan fingerprint density at radius 2 is 1.85 bits per heavy atom. The summed E-state index contributed by atoms with van der Waals surface area (Å²) in [4.78, 5) is 20.4. The van der Waals surface area contributed by atoms with Crippen LogP contribution in [0.1, 0.15) is 57.7 Å². The summed E-state index contributed by atoms with van der Waals surface area (Å²) < 4.78 is 24.0. The highest BCUT2D eigenvalue weighted by Gasteiger charge is 2.27. The van der Waals surface area contributed by atoms with Crippen LogP contribution in [-0.2, 0) is 12.0 Å². The van der Waals surface area contributed by atoms with Gasteiger partial charge in [-0.1, -0.05) is 26.8 Å². The van der Waals surface area contributed by atoms with Crippen LogP contribution in [0.2, 0.25) is 0 Å². The highest BCUT2D eigenvalue weighted by molar-refractivity contribution is 5.82. The van der Waals surface area contributed by atoms with Crippen molar-refractivity contribution in [3.05, 3.63) is 93.9 Å². The molecular formula is C35H37FN8O3. The maximum absolute atomic E-state index is 15.3. The molecule has 1 aliphatic rings. The Labute approximate surface area is 271 Å². The minimum Gasteiger partial charge on any atom is -0.485 e. The Morgan fingerprint density at radius 1 is 1.09 bits per heavy atom. The van der Waals surface area contributed by atoms with E-state index in [0.29, 0.717) is 28.2 Å². The van der Waals surface area contributed by atoms with Gasteiger partial charge in [-0.05, 0) is 80.7 Å². The van der Waals surface area contributed by atoms with Crippen LogP contribution in [0, 0.1) is 17.1 Å². The SMILES string of the molecule is CC(C)(CN1CCC1)Oc1ccc(Nc2nn(-c3cccc(-n4ncc5cc(C(C)(C)C)cc(F)c5c4=O)c3CO)cc2C#N)nc1. The normalized spacial score (nSPS) is 13.7. The molecule has 2 aromatic carbocycles. The molecule has 0 spiro atoms. The van der Waals surface area contributed by atoms with Gasteiger partial charge in [-0.2, -0.15) is 15.0 Å². The maximum Gasteiger partial charge on any atom is 0.282 e. The van der Waals surface area contributed by atoms with Gasteiger partial charge in [-0.15, -0.1) is 5.10 Å². The van der Waals surface area contributed by atoms with Crippen LogP contribution < -0.4 is 15.6 Å². The second-order valence-electron chi connectivity index (χ2n) is 13.4. The van der Waals surface area contributed by atoms with Gasteiger partial charge in [0, 0.05) is 17.5 Å². The van der Waals surface area contributed by atoms with E-state index in [1.54, 1.807) is 36.5 Å². The van der Waals surface area contributed by atoms with E-state index < -0.39 is 18.0 Å². The van der Waals surface area contributed by atoms with Crippen molar-refractivity contribution >= 4 is 22.4 Å². The molecule has 0 radical (unpaired) electrons. The molecule has 2 N–H and O–H groups in total. The Bertz CT molecular complexity index is 2050. The molecule has 12 heteroatoms. The average Bonchev–Trinajstić information content (AvgIpc) is 3.41. The molecule has 0 unspecified atom stereocenters. The monoisotopic (exact) mass is 636 g/mol. The number of rotatable bonds is 9. The van der Waals surface area contributed by atoms with Gasteiger partial charge in [0.2, 0.25) is 0 Å². The van der Waals surface area contributed by atoms with Crippen molar-refractivity contribution < 1.29 is 14.2 Å². The second-order valence-corrected chi connectivity index (χ2v) is 13.4. The first-order valence-electron chi connectivity index (χ1n) is 15.5. The number of fused-ring (bicyclic) bond motifs is 1. The Morgan fingerprint density at radius 3 is 2.49 bits per heavy atom. The topological polar surface area (TPSA) is 134 Å². The minimum atomic E-state index is -0.657. The molecule has 0 saturated carbocycles. The van der Waals surface area contributed by atoms with Crippen molar-refractivity contribution in [2.75, 3.05) is 25.0 Å². The van der Waals surface area contributed by atoms with E-state index in [9.17, 15) is 15.2 Å². The summed E-state index contributed by atoms with van der Waals surface area (Å²) in [7, 11) is 0. The second kappa shape index (κ2) is 12.2. The zero-order valence-corrected chi connectivity index (χ0v) is 27.1. The number of anilines is 2. The lowest BCUT2D eigenvalue weighted by Gasteiger charge is -2.38. The zero-order chi connectivity index (χ0) is 33.5. The molecule has 1 aliphatic heterocycles. The van der Waals surface area contributed by atoms with Crippen molar-refractivity contribution in [3.8, 4) is 23.2 Å². The third-order valence-electron chi connectivity index (χ3n) is 8.23. The van der Waals surface area contributed by atoms with Gasteiger partial charge >= 0.3 is 0 Å². The molecule has 5 aromatic rings. The van der Waals surface area contributed by atoms with Gasteiger partial charge in [0.1, 0.15) is 34.6 Å². The van der Waals surface area contributed by atoms with Gasteiger partial charge in [-0.3, -0.25) is 9.69 Å².